The molecule has 0 spiro atoms. The number of hydroxylamine groups is 1. The zero-order valence-electron chi connectivity index (χ0n) is 10.3. The molecule has 0 bridgehead atoms. The molecule has 16 heavy (non-hydrogen) atoms. The average Bonchev–Trinajstić information content (AvgIpc) is 2.35. The average molecular weight is 225 g/mol. The van der Waals surface area contributed by atoms with Crippen molar-refractivity contribution in [3.63, 3.8) is 0 Å². The van der Waals surface area contributed by atoms with Gasteiger partial charge in [-0.1, -0.05) is 6.92 Å². The second kappa shape index (κ2) is 6.35. The fraction of sp³-hybridized carbons (Fsp3) is 0.500. The van der Waals surface area contributed by atoms with E-state index in [-0.39, 0.29) is 0 Å². The van der Waals surface area contributed by atoms with Crippen LogP contribution in [0.4, 0.5) is 0 Å². The molecule has 1 N–H and O–H groups in total. The molecule has 1 aromatic rings. The Morgan fingerprint density at radius 2 is 1.62 bits per heavy atom. The van der Waals surface area contributed by atoms with Gasteiger partial charge in [-0.3, -0.25) is 0 Å². The molecule has 4 heteroatoms. The molecule has 4 nitrogen and oxygen atoms in total. The first-order valence-electron chi connectivity index (χ1n) is 5.26. The first kappa shape index (κ1) is 12.8. The number of hydrogen-bond donors (Lipinski definition) is 1. The molecule has 0 saturated heterocycles. The summed E-state index contributed by atoms with van der Waals surface area (Å²) in [7, 11) is 4.91. The number of hydrogen-bond acceptors (Lipinski definition) is 4. The van der Waals surface area contributed by atoms with Crippen LogP contribution in [0.5, 0.6) is 11.5 Å². The fourth-order valence-electron chi connectivity index (χ4n) is 1.60. The van der Waals surface area contributed by atoms with Crippen molar-refractivity contribution in [3.8, 4) is 11.5 Å². The molecular formula is C12H19NO3. The number of methoxy groups -OCH3 is 2. The summed E-state index contributed by atoms with van der Waals surface area (Å²) in [5.41, 5.74) is 5.03. The van der Waals surface area contributed by atoms with E-state index >= 15 is 0 Å². The van der Waals surface area contributed by atoms with Crippen molar-refractivity contribution < 1.29 is 14.3 Å². The quantitative estimate of drug-likeness (QED) is 0.751. The third-order valence-electron chi connectivity index (χ3n) is 2.47. The van der Waals surface area contributed by atoms with Gasteiger partial charge in [-0.2, -0.15) is 5.48 Å². The molecule has 1 rings (SSSR count). The number of nitrogens with one attached hydrogen (secondary N) is 1. The lowest BCUT2D eigenvalue weighted by atomic mass is 10.1. The first-order valence-corrected chi connectivity index (χ1v) is 5.26. The van der Waals surface area contributed by atoms with Gasteiger partial charge in [0.1, 0.15) is 11.5 Å². The van der Waals surface area contributed by atoms with Crippen LogP contribution in [0.2, 0.25) is 0 Å². The zero-order chi connectivity index (χ0) is 12.0. The van der Waals surface area contributed by atoms with Gasteiger partial charge in [-0.25, -0.2) is 0 Å². The topological polar surface area (TPSA) is 39.7 Å². The van der Waals surface area contributed by atoms with E-state index in [1.807, 2.05) is 6.07 Å². The Balaban J connectivity index is 3.05. The summed E-state index contributed by atoms with van der Waals surface area (Å²) in [5.74, 6) is 1.67. The summed E-state index contributed by atoms with van der Waals surface area (Å²) >= 11 is 0. The minimum atomic E-state index is 0.608. The number of rotatable bonds is 6. The Morgan fingerprint density at radius 1 is 1.00 bits per heavy atom. The summed E-state index contributed by atoms with van der Waals surface area (Å²) < 4.78 is 10.6. The summed E-state index contributed by atoms with van der Waals surface area (Å²) in [6.07, 6.45) is 0.924. The predicted octanol–water partition coefficient (Wildman–Crippen LogP) is 1.92. The third-order valence-corrected chi connectivity index (χ3v) is 2.47. The normalized spacial score (nSPS) is 10.2. The molecule has 0 radical (unpaired) electrons. The third kappa shape index (κ3) is 2.87. The van der Waals surface area contributed by atoms with Crippen LogP contribution in [0, 0.1) is 0 Å². The Hall–Kier alpha value is -1.26. The molecule has 0 fully saturated rings. The number of ether oxygens (including phenoxy) is 2. The van der Waals surface area contributed by atoms with Gasteiger partial charge in [0.05, 0.1) is 21.3 Å². The van der Waals surface area contributed by atoms with Gasteiger partial charge in [0.25, 0.3) is 0 Å². The molecule has 0 aromatic heterocycles. The maximum atomic E-state index is 5.31. The van der Waals surface area contributed by atoms with Gasteiger partial charge in [0.2, 0.25) is 0 Å². The maximum absolute atomic E-state index is 5.31. The Kier molecular flexibility index (Phi) is 5.08. The van der Waals surface area contributed by atoms with E-state index in [9.17, 15) is 0 Å². The lowest BCUT2D eigenvalue weighted by Gasteiger charge is -2.14. The van der Waals surface area contributed by atoms with E-state index in [1.54, 1.807) is 21.3 Å². The van der Waals surface area contributed by atoms with Crippen LogP contribution in [0.25, 0.3) is 0 Å². The molecule has 0 aliphatic carbocycles. The van der Waals surface area contributed by atoms with Crippen molar-refractivity contribution in [1.29, 1.82) is 0 Å². The van der Waals surface area contributed by atoms with Crippen molar-refractivity contribution in [2.45, 2.75) is 19.9 Å². The minimum absolute atomic E-state index is 0.608. The fourth-order valence-corrected chi connectivity index (χ4v) is 1.60. The highest BCUT2D eigenvalue weighted by Gasteiger charge is 2.09. The summed E-state index contributed by atoms with van der Waals surface area (Å²) in [5, 5.41) is 0. The lowest BCUT2D eigenvalue weighted by molar-refractivity contribution is 0.0861. The molecule has 0 aliphatic heterocycles. The minimum Gasteiger partial charge on any atom is -0.496 e. The van der Waals surface area contributed by atoms with Crippen molar-refractivity contribution in [3.05, 3.63) is 23.3 Å². The second-order valence-electron chi connectivity index (χ2n) is 3.35. The second-order valence-corrected chi connectivity index (χ2v) is 3.35. The van der Waals surface area contributed by atoms with E-state index in [1.165, 1.54) is 0 Å². The van der Waals surface area contributed by atoms with Gasteiger partial charge < -0.3 is 14.3 Å². The molecule has 90 valence electrons. The van der Waals surface area contributed by atoms with E-state index in [0.29, 0.717) is 6.54 Å². The van der Waals surface area contributed by atoms with Gasteiger partial charge >= 0.3 is 0 Å². The smallest absolute Gasteiger partial charge is 0.127 e. The standard InChI is InChI=1S/C12H19NO3/c1-5-9-6-10(8-13-16-4)12(15-3)7-11(9)14-2/h6-7,13H,5,8H2,1-4H3. The van der Waals surface area contributed by atoms with Gasteiger partial charge in [-0.05, 0) is 18.1 Å². The number of benzene rings is 1. The summed E-state index contributed by atoms with van der Waals surface area (Å²) in [6, 6.07) is 3.98. The molecule has 1 aromatic carbocycles. The van der Waals surface area contributed by atoms with Crippen LogP contribution in [0.3, 0.4) is 0 Å². The van der Waals surface area contributed by atoms with Crippen LogP contribution in [-0.2, 0) is 17.8 Å². The molecule has 0 heterocycles. The SMILES string of the molecule is CCc1cc(CNOC)c(OC)cc1OC. The van der Waals surface area contributed by atoms with Gasteiger partial charge in [0, 0.05) is 18.2 Å². The van der Waals surface area contributed by atoms with E-state index in [2.05, 4.69) is 18.5 Å². The highest BCUT2D eigenvalue weighted by molar-refractivity contribution is 5.46. The van der Waals surface area contributed by atoms with E-state index < -0.39 is 0 Å². The molecule has 0 aliphatic rings. The van der Waals surface area contributed by atoms with Crippen LogP contribution < -0.4 is 15.0 Å². The Labute approximate surface area is 96.5 Å². The van der Waals surface area contributed by atoms with Gasteiger partial charge in [0.15, 0.2) is 0 Å². The summed E-state index contributed by atoms with van der Waals surface area (Å²) in [6.45, 7) is 2.70. The largest absolute Gasteiger partial charge is 0.496 e. The summed E-state index contributed by atoms with van der Waals surface area (Å²) in [4.78, 5) is 4.84. The molecule has 0 unspecified atom stereocenters. The molecule has 0 amide bonds. The lowest BCUT2D eigenvalue weighted by Crippen LogP contribution is -2.12. The van der Waals surface area contributed by atoms with E-state index in [4.69, 9.17) is 14.3 Å². The van der Waals surface area contributed by atoms with Crippen LogP contribution in [-0.4, -0.2) is 21.3 Å². The highest BCUT2D eigenvalue weighted by Crippen LogP contribution is 2.29. The molecular weight excluding hydrogens is 206 g/mol. The maximum Gasteiger partial charge on any atom is 0.127 e. The van der Waals surface area contributed by atoms with Crippen molar-refractivity contribution in [2.24, 2.45) is 0 Å². The Bertz CT molecular complexity index is 339. The highest BCUT2D eigenvalue weighted by atomic mass is 16.6. The first-order chi connectivity index (χ1) is 7.76. The Morgan fingerprint density at radius 3 is 2.12 bits per heavy atom. The van der Waals surface area contributed by atoms with Crippen LogP contribution >= 0.6 is 0 Å². The van der Waals surface area contributed by atoms with Crippen molar-refractivity contribution in [2.75, 3.05) is 21.3 Å². The van der Waals surface area contributed by atoms with Gasteiger partial charge in [-0.15, -0.1) is 0 Å². The van der Waals surface area contributed by atoms with Crippen LogP contribution in [0.1, 0.15) is 18.1 Å². The molecule has 0 saturated carbocycles. The van der Waals surface area contributed by atoms with Crippen molar-refractivity contribution >= 4 is 0 Å². The van der Waals surface area contributed by atoms with Crippen molar-refractivity contribution in [1.82, 2.24) is 5.48 Å². The monoisotopic (exact) mass is 225 g/mol. The zero-order valence-corrected chi connectivity index (χ0v) is 10.3. The van der Waals surface area contributed by atoms with Crippen LogP contribution in [0.15, 0.2) is 12.1 Å². The molecule has 0 atom stereocenters. The van der Waals surface area contributed by atoms with E-state index in [0.717, 1.165) is 29.0 Å². The number of aryl methyl sites for hydroxylation is 1. The predicted molar refractivity (Wildman–Crippen MR) is 62.8 cm³/mol.